The van der Waals surface area contributed by atoms with Gasteiger partial charge in [0, 0.05) is 5.56 Å². The zero-order valence-electron chi connectivity index (χ0n) is 7.53. The predicted octanol–water partition coefficient (Wildman–Crippen LogP) is 0.595. The maximum Gasteiger partial charge on any atom is 0.389 e. The monoisotopic (exact) mass is 167 g/mol. The SMILES string of the molecule is CC(C)(C)c1cnc(N)[n+]([O-])c1. The molecule has 1 rings (SSSR count). The summed E-state index contributed by atoms with van der Waals surface area (Å²) in [7, 11) is 0. The minimum Gasteiger partial charge on any atom is -0.740 e. The Morgan fingerprint density at radius 2 is 2.08 bits per heavy atom. The molecule has 0 saturated heterocycles. The van der Waals surface area contributed by atoms with Crippen LogP contribution < -0.4 is 10.5 Å². The van der Waals surface area contributed by atoms with Gasteiger partial charge in [-0.2, -0.15) is 0 Å². The van der Waals surface area contributed by atoms with Crippen molar-refractivity contribution in [1.29, 1.82) is 0 Å². The maximum atomic E-state index is 11.0. The second-order valence-electron chi connectivity index (χ2n) is 3.78. The van der Waals surface area contributed by atoms with Crippen LogP contribution in [0.5, 0.6) is 0 Å². The number of nitrogen functional groups attached to an aromatic ring is 1. The topological polar surface area (TPSA) is 65.8 Å². The van der Waals surface area contributed by atoms with Crippen LogP contribution in [0.3, 0.4) is 0 Å². The smallest absolute Gasteiger partial charge is 0.389 e. The molecule has 0 aromatic carbocycles. The molecule has 0 aliphatic heterocycles. The van der Waals surface area contributed by atoms with E-state index in [1.165, 1.54) is 6.20 Å². The molecule has 0 spiro atoms. The number of aromatic nitrogens is 2. The molecule has 1 heterocycles. The number of nitrogens with zero attached hydrogens (tertiary/aromatic N) is 2. The highest BCUT2D eigenvalue weighted by Gasteiger charge is 2.16. The van der Waals surface area contributed by atoms with E-state index in [4.69, 9.17) is 5.73 Å². The number of hydrogen-bond donors (Lipinski definition) is 1. The Morgan fingerprint density at radius 3 is 2.50 bits per heavy atom. The lowest BCUT2D eigenvalue weighted by Gasteiger charge is -2.18. The van der Waals surface area contributed by atoms with Gasteiger partial charge in [-0.1, -0.05) is 25.8 Å². The molecular formula is C8H13N3O. The van der Waals surface area contributed by atoms with Gasteiger partial charge in [-0.3, -0.25) is 5.73 Å². The van der Waals surface area contributed by atoms with Crippen molar-refractivity contribution in [1.82, 2.24) is 4.98 Å². The summed E-state index contributed by atoms with van der Waals surface area (Å²) in [5.74, 6) is -0.0111. The first-order valence-corrected chi connectivity index (χ1v) is 3.76. The Balaban J connectivity index is 3.14. The average Bonchev–Trinajstić information content (AvgIpc) is 1.92. The van der Waals surface area contributed by atoms with Crippen molar-refractivity contribution in [3.63, 3.8) is 0 Å². The Labute approximate surface area is 71.6 Å². The van der Waals surface area contributed by atoms with E-state index in [0.29, 0.717) is 4.73 Å². The molecule has 0 amide bonds. The lowest BCUT2D eigenvalue weighted by Crippen LogP contribution is -2.33. The molecule has 0 atom stereocenters. The average molecular weight is 167 g/mol. The third kappa shape index (κ3) is 1.64. The van der Waals surface area contributed by atoms with Crippen LogP contribution in [0.4, 0.5) is 5.95 Å². The second kappa shape index (κ2) is 2.62. The first-order chi connectivity index (χ1) is 5.41. The second-order valence-corrected chi connectivity index (χ2v) is 3.78. The molecule has 1 aromatic heterocycles. The number of anilines is 1. The lowest BCUT2D eigenvalue weighted by atomic mass is 9.89. The van der Waals surface area contributed by atoms with E-state index in [0.717, 1.165) is 5.56 Å². The van der Waals surface area contributed by atoms with Crippen molar-refractivity contribution in [3.8, 4) is 0 Å². The Morgan fingerprint density at radius 1 is 1.50 bits per heavy atom. The fourth-order valence-corrected chi connectivity index (χ4v) is 0.806. The van der Waals surface area contributed by atoms with Gasteiger partial charge in [0.2, 0.25) is 0 Å². The summed E-state index contributed by atoms with van der Waals surface area (Å²) in [6.45, 7) is 6.04. The third-order valence-electron chi connectivity index (χ3n) is 1.68. The zero-order valence-corrected chi connectivity index (χ0v) is 7.53. The molecule has 0 unspecified atom stereocenters. The van der Waals surface area contributed by atoms with Crippen molar-refractivity contribution in [2.75, 3.05) is 5.73 Å². The number of nitrogens with two attached hydrogens (primary N) is 1. The van der Waals surface area contributed by atoms with Crippen LogP contribution in [-0.4, -0.2) is 4.98 Å². The molecule has 66 valence electrons. The van der Waals surface area contributed by atoms with Gasteiger partial charge in [-0.25, -0.2) is 4.73 Å². The Kier molecular flexibility index (Phi) is 1.92. The van der Waals surface area contributed by atoms with Gasteiger partial charge >= 0.3 is 5.95 Å². The minimum atomic E-state index is -0.0626. The van der Waals surface area contributed by atoms with Crippen molar-refractivity contribution in [2.45, 2.75) is 26.2 Å². The van der Waals surface area contributed by atoms with Crippen molar-refractivity contribution in [3.05, 3.63) is 23.2 Å². The van der Waals surface area contributed by atoms with Gasteiger partial charge in [-0.15, -0.1) is 0 Å². The highest BCUT2D eigenvalue weighted by molar-refractivity contribution is 5.17. The van der Waals surface area contributed by atoms with Gasteiger partial charge in [0.25, 0.3) is 0 Å². The Hall–Kier alpha value is -1.32. The molecule has 0 aliphatic carbocycles. The standard InChI is InChI=1S/C8H13N3O/c1-8(2,3)6-4-10-7(9)11(12)5-6/h4-5H,1-3H3,(H2,9,10). The molecule has 2 N–H and O–H groups in total. The van der Waals surface area contributed by atoms with Crippen LogP contribution in [0, 0.1) is 5.21 Å². The molecule has 4 heteroatoms. The summed E-state index contributed by atoms with van der Waals surface area (Å²) in [4.78, 5) is 3.77. The molecular weight excluding hydrogens is 154 g/mol. The van der Waals surface area contributed by atoms with Crippen LogP contribution in [0.2, 0.25) is 0 Å². The van der Waals surface area contributed by atoms with Crippen LogP contribution in [0.1, 0.15) is 26.3 Å². The quantitative estimate of drug-likeness (QED) is 0.454. The van der Waals surface area contributed by atoms with E-state index in [9.17, 15) is 5.21 Å². The van der Waals surface area contributed by atoms with E-state index in [1.807, 2.05) is 20.8 Å². The molecule has 0 bridgehead atoms. The van der Waals surface area contributed by atoms with E-state index < -0.39 is 0 Å². The highest BCUT2D eigenvalue weighted by atomic mass is 16.5. The van der Waals surface area contributed by atoms with Crippen molar-refractivity contribution < 1.29 is 4.73 Å². The van der Waals surface area contributed by atoms with E-state index >= 15 is 0 Å². The van der Waals surface area contributed by atoms with Gasteiger partial charge < -0.3 is 5.21 Å². The first kappa shape index (κ1) is 8.77. The number of rotatable bonds is 0. The van der Waals surface area contributed by atoms with E-state index in [-0.39, 0.29) is 11.4 Å². The third-order valence-corrected chi connectivity index (χ3v) is 1.68. The summed E-state index contributed by atoms with van der Waals surface area (Å²) < 4.78 is 0.584. The molecule has 0 saturated carbocycles. The molecule has 4 nitrogen and oxygen atoms in total. The maximum absolute atomic E-state index is 11.0. The summed E-state index contributed by atoms with van der Waals surface area (Å²) in [5.41, 5.74) is 6.09. The minimum absolute atomic E-state index is 0.0111. The zero-order chi connectivity index (χ0) is 9.35. The van der Waals surface area contributed by atoms with E-state index in [1.54, 1.807) is 6.20 Å². The lowest BCUT2D eigenvalue weighted by molar-refractivity contribution is -0.593. The fourth-order valence-electron chi connectivity index (χ4n) is 0.806. The Bertz CT molecular complexity index is 291. The fraction of sp³-hybridized carbons (Fsp3) is 0.500. The van der Waals surface area contributed by atoms with Crippen molar-refractivity contribution >= 4 is 5.95 Å². The summed E-state index contributed by atoms with van der Waals surface area (Å²) in [6, 6.07) is 0. The van der Waals surface area contributed by atoms with Gasteiger partial charge in [0.1, 0.15) is 6.20 Å². The predicted molar refractivity (Wildman–Crippen MR) is 46.3 cm³/mol. The largest absolute Gasteiger partial charge is 0.740 e. The number of hydrogen-bond acceptors (Lipinski definition) is 3. The van der Waals surface area contributed by atoms with Crippen LogP contribution in [0.15, 0.2) is 12.4 Å². The summed E-state index contributed by atoms with van der Waals surface area (Å²) >= 11 is 0. The highest BCUT2D eigenvalue weighted by Crippen LogP contribution is 2.19. The molecule has 12 heavy (non-hydrogen) atoms. The molecule has 0 aliphatic rings. The van der Waals surface area contributed by atoms with Gasteiger partial charge in [0.05, 0.1) is 6.20 Å². The van der Waals surface area contributed by atoms with Crippen LogP contribution >= 0.6 is 0 Å². The normalized spacial score (nSPS) is 11.6. The van der Waals surface area contributed by atoms with Crippen LogP contribution in [0.25, 0.3) is 0 Å². The van der Waals surface area contributed by atoms with Gasteiger partial charge in [0.15, 0.2) is 0 Å². The molecule has 0 radical (unpaired) electrons. The van der Waals surface area contributed by atoms with Crippen molar-refractivity contribution in [2.24, 2.45) is 0 Å². The van der Waals surface area contributed by atoms with Gasteiger partial charge in [-0.05, 0) is 5.41 Å². The van der Waals surface area contributed by atoms with E-state index in [2.05, 4.69) is 4.98 Å². The summed E-state index contributed by atoms with van der Waals surface area (Å²) in [5, 5.41) is 11.0. The van der Waals surface area contributed by atoms with Crippen LogP contribution in [-0.2, 0) is 5.41 Å². The molecule has 0 fully saturated rings. The summed E-state index contributed by atoms with van der Waals surface area (Å²) in [6.07, 6.45) is 3.09. The molecule has 1 aromatic rings. The first-order valence-electron chi connectivity index (χ1n) is 3.76.